The molecule has 0 spiro atoms. The fourth-order valence-electron chi connectivity index (χ4n) is 1.93. The van der Waals surface area contributed by atoms with Gasteiger partial charge < -0.3 is 11.1 Å². The van der Waals surface area contributed by atoms with Crippen LogP contribution in [0, 0.1) is 0 Å². The van der Waals surface area contributed by atoms with Gasteiger partial charge in [-0.05, 0) is 23.9 Å². The minimum atomic E-state index is -0.605. The molecule has 3 nitrogen and oxygen atoms in total. The first-order valence-corrected chi connectivity index (χ1v) is 7.18. The van der Waals surface area contributed by atoms with E-state index in [9.17, 15) is 4.79 Å². The van der Waals surface area contributed by atoms with Crippen molar-refractivity contribution < 1.29 is 4.79 Å². The van der Waals surface area contributed by atoms with Crippen LogP contribution in [0.4, 0.5) is 0 Å². The highest BCUT2D eigenvalue weighted by Gasteiger charge is 2.17. The van der Waals surface area contributed by atoms with Crippen LogP contribution in [0.25, 0.3) is 0 Å². The van der Waals surface area contributed by atoms with Gasteiger partial charge in [-0.2, -0.15) is 0 Å². The quantitative estimate of drug-likeness (QED) is 0.880. The summed E-state index contributed by atoms with van der Waals surface area (Å²) in [5.74, 6) is -0.129. The normalized spacial score (nSPS) is 13.8. The van der Waals surface area contributed by atoms with E-state index in [0.717, 1.165) is 12.0 Å². The number of carbonyl (C=O) groups excluding carboxylic acids is 1. The number of hydrogen-bond acceptors (Lipinski definition) is 3. The second-order valence-electron chi connectivity index (χ2n) is 4.58. The molecule has 2 rings (SSSR count). The van der Waals surface area contributed by atoms with Crippen LogP contribution in [-0.4, -0.2) is 11.9 Å². The standard InChI is InChI=1S/C15H18N2OS/c1-11(10-13-8-5-9-19-13)17-15(18)14(16)12-6-3-2-4-7-12/h2-9,11,14H,10,16H2,1H3,(H,17,18)/t11-,14-/m1/s1. The second-order valence-corrected chi connectivity index (χ2v) is 5.61. The lowest BCUT2D eigenvalue weighted by molar-refractivity contribution is -0.123. The van der Waals surface area contributed by atoms with Gasteiger partial charge >= 0.3 is 0 Å². The fraction of sp³-hybridized carbons (Fsp3) is 0.267. The molecule has 0 bridgehead atoms. The van der Waals surface area contributed by atoms with Crippen molar-refractivity contribution in [3.8, 4) is 0 Å². The average Bonchev–Trinajstić information content (AvgIpc) is 2.91. The first kappa shape index (κ1) is 13.8. The Morgan fingerprint density at radius 3 is 2.63 bits per heavy atom. The minimum absolute atomic E-state index is 0.0842. The maximum absolute atomic E-state index is 12.0. The Morgan fingerprint density at radius 2 is 2.00 bits per heavy atom. The third-order valence-corrected chi connectivity index (χ3v) is 3.82. The highest BCUT2D eigenvalue weighted by atomic mass is 32.1. The zero-order chi connectivity index (χ0) is 13.7. The van der Waals surface area contributed by atoms with Gasteiger partial charge in [0.25, 0.3) is 0 Å². The Kier molecular flexibility index (Phi) is 4.71. The van der Waals surface area contributed by atoms with Crippen LogP contribution in [0.3, 0.4) is 0 Å². The Balaban J connectivity index is 1.90. The summed E-state index contributed by atoms with van der Waals surface area (Å²) in [6, 6.07) is 13.0. The van der Waals surface area contributed by atoms with E-state index in [-0.39, 0.29) is 11.9 Å². The summed E-state index contributed by atoms with van der Waals surface area (Å²) in [5.41, 5.74) is 6.79. The van der Waals surface area contributed by atoms with Crippen LogP contribution in [0.15, 0.2) is 47.8 Å². The van der Waals surface area contributed by atoms with Crippen molar-refractivity contribution in [1.29, 1.82) is 0 Å². The van der Waals surface area contributed by atoms with Gasteiger partial charge in [0.2, 0.25) is 5.91 Å². The molecule has 1 amide bonds. The summed E-state index contributed by atoms with van der Waals surface area (Å²) in [6.45, 7) is 2.00. The number of carbonyl (C=O) groups is 1. The molecule has 0 aliphatic heterocycles. The monoisotopic (exact) mass is 274 g/mol. The van der Waals surface area contributed by atoms with E-state index in [0.29, 0.717) is 0 Å². The maximum Gasteiger partial charge on any atom is 0.241 e. The van der Waals surface area contributed by atoms with Crippen molar-refractivity contribution in [3.05, 3.63) is 58.3 Å². The SMILES string of the molecule is C[C@H](Cc1cccs1)NC(=O)[C@H](N)c1ccccc1. The van der Waals surface area contributed by atoms with Crippen molar-refractivity contribution in [1.82, 2.24) is 5.32 Å². The molecule has 1 heterocycles. The smallest absolute Gasteiger partial charge is 0.241 e. The highest BCUT2D eigenvalue weighted by Crippen LogP contribution is 2.13. The maximum atomic E-state index is 12.0. The molecule has 0 aliphatic carbocycles. The summed E-state index contributed by atoms with van der Waals surface area (Å²) in [4.78, 5) is 13.3. The molecule has 0 fully saturated rings. The molecule has 1 aromatic heterocycles. The van der Waals surface area contributed by atoms with E-state index in [1.807, 2.05) is 48.7 Å². The Hall–Kier alpha value is -1.65. The third kappa shape index (κ3) is 3.91. The molecule has 1 aromatic carbocycles. The fourth-order valence-corrected chi connectivity index (χ4v) is 2.76. The van der Waals surface area contributed by atoms with E-state index in [1.54, 1.807) is 11.3 Å². The van der Waals surface area contributed by atoms with Gasteiger partial charge in [-0.25, -0.2) is 0 Å². The van der Waals surface area contributed by atoms with Gasteiger partial charge in [0, 0.05) is 17.3 Å². The van der Waals surface area contributed by atoms with E-state index < -0.39 is 6.04 Å². The predicted molar refractivity (Wildman–Crippen MR) is 79.0 cm³/mol. The van der Waals surface area contributed by atoms with Crippen LogP contribution < -0.4 is 11.1 Å². The second kappa shape index (κ2) is 6.50. The molecule has 4 heteroatoms. The molecule has 19 heavy (non-hydrogen) atoms. The molecular formula is C15H18N2OS. The zero-order valence-corrected chi connectivity index (χ0v) is 11.7. The van der Waals surface area contributed by atoms with Gasteiger partial charge in [0.15, 0.2) is 0 Å². The summed E-state index contributed by atoms with van der Waals surface area (Å²) >= 11 is 1.70. The lowest BCUT2D eigenvalue weighted by atomic mass is 10.1. The summed E-state index contributed by atoms with van der Waals surface area (Å²) in [7, 11) is 0. The molecule has 0 aliphatic rings. The minimum Gasteiger partial charge on any atom is -0.352 e. The number of nitrogens with two attached hydrogens (primary N) is 1. The molecule has 0 unspecified atom stereocenters. The molecule has 0 saturated carbocycles. The molecule has 0 saturated heterocycles. The van der Waals surface area contributed by atoms with E-state index >= 15 is 0 Å². The first-order chi connectivity index (χ1) is 9.16. The molecule has 2 aromatic rings. The van der Waals surface area contributed by atoms with Crippen LogP contribution >= 0.6 is 11.3 Å². The summed E-state index contributed by atoms with van der Waals surface area (Å²) < 4.78 is 0. The Morgan fingerprint density at radius 1 is 1.26 bits per heavy atom. The Labute approximate surface area is 117 Å². The average molecular weight is 274 g/mol. The number of nitrogens with one attached hydrogen (secondary N) is 1. The lowest BCUT2D eigenvalue weighted by Crippen LogP contribution is -2.40. The number of benzene rings is 1. The van der Waals surface area contributed by atoms with Gasteiger partial charge in [-0.1, -0.05) is 36.4 Å². The van der Waals surface area contributed by atoms with Crippen molar-refractivity contribution in [2.24, 2.45) is 5.73 Å². The van der Waals surface area contributed by atoms with Gasteiger partial charge in [0.05, 0.1) is 0 Å². The highest BCUT2D eigenvalue weighted by molar-refractivity contribution is 7.09. The summed E-state index contributed by atoms with van der Waals surface area (Å²) in [5, 5.41) is 5.00. The van der Waals surface area contributed by atoms with Gasteiger partial charge in [-0.15, -0.1) is 11.3 Å². The molecule has 2 atom stereocenters. The van der Waals surface area contributed by atoms with Crippen LogP contribution in [0.5, 0.6) is 0 Å². The van der Waals surface area contributed by atoms with E-state index in [1.165, 1.54) is 4.88 Å². The van der Waals surface area contributed by atoms with Gasteiger partial charge in [-0.3, -0.25) is 4.79 Å². The third-order valence-electron chi connectivity index (χ3n) is 2.92. The molecule has 0 radical (unpaired) electrons. The predicted octanol–water partition coefficient (Wildman–Crippen LogP) is 2.50. The first-order valence-electron chi connectivity index (χ1n) is 6.30. The van der Waals surface area contributed by atoms with Crippen LogP contribution in [0.1, 0.15) is 23.4 Å². The summed E-state index contributed by atoms with van der Waals surface area (Å²) in [6.07, 6.45) is 0.838. The lowest BCUT2D eigenvalue weighted by Gasteiger charge is -2.17. The number of rotatable bonds is 5. The topological polar surface area (TPSA) is 55.1 Å². The Bertz CT molecular complexity index is 510. The molecule has 100 valence electrons. The number of thiophene rings is 1. The molecule has 3 N–H and O–H groups in total. The van der Waals surface area contributed by atoms with Crippen LogP contribution in [-0.2, 0) is 11.2 Å². The van der Waals surface area contributed by atoms with E-state index in [4.69, 9.17) is 5.73 Å². The van der Waals surface area contributed by atoms with Crippen molar-refractivity contribution >= 4 is 17.2 Å². The number of amides is 1. The van der Waals surface area contributed by atoms with Crippen molar-refractivity contribution in [3.63, 3.8) is 0 Å². The van der Waals surface area contributed by atoms with Gasteiger partial charge in [0.1, 0.15) is 6.04 Å². The van der Waals surface area contributed by atoms with Crippen LogP contribution in [0.2, 0.25) is 0 Å². The van der Waals surface area contributed by atoms with Crippen molar-refractivity contribution in [2.75, 3.05) is 0 Å². The van der Waals surface area contributed by atoms with Crippen molar-refractivity contribution in [2.45, 2.75) is 25.4 Å². The zero-order valence-electron chi connectivity index (χ0n) is 10.9. The number of hydrogen-bond donors (Lipinski definition) is 2. The molecular weight excluding hydrogens is 256 g/mol. The van der Waals surface area contributed by atoms with E-state index in [2.05, 4.69) is 11.4 Å². The largest absolute Gasteiger partial charge is 0.352 e.